The first-order valence-electron chi connectivity index (χ1n) is 7.79. The number of amides is 2. The van der Waals surface area contributed by atoms with Crippen LogP contribution in [0.2, 0.25) is 0 Å². The number of halogens is 2. The van der Waals surface area contributed by atoms with E-state index in [2.05, 4.69) is 20.9 Å². The van der Waals surface area contributed by atoms with Crippen molar-refractivity contribution in [1.82, 2.24) is 15.6 Å². The fourth-order valence-electron chi connectivity index (χ4n) is 2.67. The SMILES string of the molecule is Cl.Cl.O=C1CN(c2ccc(NC(=O)CC3CSCCN3)cn2)CCN1. The molecule has 2 aliphatic rings. The first-order valence-corrected chi connectivity index (χ1v) is 8.95. The molecule has 2 amide bonds. The number of rotatable bonds is 4. The Labute approximate surface area is 163 Å². The quantitative estimate of drug-likeness (QED) is 0.686. The summed E-state index contributed by atoms with van der Waals surface area (Å²) in [6.45, 7) is 2.66. The third-order valence-electron chi connectivity index (χ3n) is 3.82. The zero-order valence-electron chi connectivity index (χ0n) is 13.7. The minimum atomic E-state index is -0.00287. The molecule has 2 fully saturated rings. The third-order valence-corrected chi connectivity index (χ3v) is 4.96. The molecule has 0 saturated carbocycles. The van der Waals surface area contributed by atoms with Gasteiger partial charge in [-0.1, -0.05) is 0 Å². The second-order valence-corrected chi connectivity index (χ2v) is 6.80. The van der Waals surface area contributed by atoms with Crippen molar-refractivity contribution in [1.29, 1.82) is 0 Å². The lowest BCUT2D eigenvalue weighted by Gasteiger charge is -2.27. The Morgan fingerprint density at radius 1 is 1.36 bits per heavy atom. The van der Waals surface area contributed by atoms with Crippen molar-refractivity contribution in [3.63, 3.8) is 0 Å². The van der Waals surface area contributed by atoms with Crippen LogP contribution in [0, 0.1) is 0 Å². The topological polar surface area (TPSA) is 86.4 Å². The van der Waals surface area contributed by atoms with E-state index in [9.17, 15) is 9.59 Å². The van der Waals surface area contributed by atoms with Gasteiger partial charge in [0.1, 0.15) is 5.82 Å². The molecule has 0 aliphatic carbocycles. The number of aromatic nitrogens is 1. The number of carbonyl (C=O) groups excluding carboxylic acids is 2. The summed E-state index contributed by atoms with van der Waals surface area (Å²) < 4.78 is 0. The van der Waals surface area contributed by atoms with E-state index in [0.29, 0.717) is 25.2 Å². The maximum absolute atomic E-state index is 12.1. The molecule has 7 nitrogen and oxygen atoms in total. The van der Waals surface area contributed by atoms with Crippen LogP contribution in [-0.4, -0.2) is 60.5 Å². The number of carbonyl (C=O) groups is 2. The molecular weight excluding hydrogens is 385 g/mol. The van der Waals surface area contributed by atoms with E-state index in [0.717, 1.165) is 30.4 Å². The molecule has 3 rings (SSSR count). The van der Waals surface area contributed by atoms with Gasteiger partial charge in [-0.3, -0.25) is 9.59 Å². The minimum Gasteiger partial charge on any atom is -0.353 e. The Bertz CT molecular complexity index is 570. The number of nitrogens with zero attached hydrogens (tertiary/aromatic N) is 2. The van der Waals surface area contributed by atoms with Crippen LogP contribution in [0.1, 0.15) is 6.42 Å². The number of pyridine rings is 1. The Morgan fingerprint density at radius 2 is 2.20 bits per heavy atom. The van der Waals surface area contributed by atoms with Gasteiger partial charge in [-0.05, 0) is 12.1 Å². The van der Waals surface area contributed by atoms with E-state index in [1.807, 2.05) is 28.8 Å². The average molecular weight is 408 g/mol. The van der Waals surface area contributed by atoms with Crippen LogP contribution in [0.25, 0.3) is 0 Å². The van der Waals surface area contributed by atoms with Crippen LogP contribution in [0.4, 0.5) is 11.5 Å². The molecule has 3 N–H and O–H groups in total. The summed E-state index contributed by atoms with van der Waals surface area (Å²) in [5.74, 6) is 2.84. The van der Waals surface area contributed by atoms with E-state index in [4.69, 9.17) is 0 Å². The summed E-state index contributed by atoms with van der Waals surface area (Å²) in [7, 11) is 0. The van der Waals surface area contributed by atoms with Gasteiger partial charge in [0.25, 0.3) is 0 Å². The van der Waals surface area contributed by atoms with Crippen molar-refractivity contribution in [2.45, 2.75) is 12.5 Å². The normalized spacial score (nSPS) is 19.9. The van der Waals surface area contributed by atoms with Gasteiger partial charge < -0.3 is 20.9 Å². The van der Waals surface area contributed by atoms with Gasteiger partial charge in [-0.15, -0.1) is 24.8 Å². The van der Waals surface area contributed by atoms with Crippen molar-refractivity contribution in [3.05, 3.63) is 18.3 Å². The highest BCUT2D eigenvalue weighted by atomic mass is 35.5. The van der Waals surface area contributed by atoms with Crippen LogP contribution < -0.4 is 20.9 Å². The van der Waals surface area contributed by atoms with Gasteiger partial charge in [0, 0.05) is 43.6 Å². The number of nitrogens with one attached hydrogen (secondary N) is 3. The number of anilines is 2. The molecular formula is C15H23Cl2N5O2S. The Morgan fingerprint density at radius 3 is 2.84 bits per heavy atom. The summed E-state index contributed by atoms with van der Waals surface area (Å²) in [6, 6.07) is 3.91. The van der Waals surface area contributed by atoms with Crippen LogP contribution in [-0.2, 0) is 9.59 Å². The van der Waals surface area contributed by atoms with Gasteiger partial charge in [-0.25, -0.2) is 4.98 Å². The molecule has 140 valence electrons. The Hall–Kier alpha value is -1.22. The van der Waals surface area contributed by atoms with Crippen molar-refractivity contribution < 1.29 is 9.59 Å². The average Bonchev–Trinajstić information content (AvgIpc) is 2.56. The lowest BCUT2D eigenvalue weighted by molar-refractivity contribution is -0.120. The van der Waals surface area contributed by atoms with Crippen molar-refractivity contribution in [2.75, 3.05) is 47.9 Å². The van der Waals surface area contributed by atoms with Crippen LogP contribution in [0.5, 0.6) is 0 Å². The number of piperazine rings is 1. The summed E-state index contributed by atoms with van der Waals surface area (Å²) >= 11 is 1.88. The first kappa shape index (κ1) is 21.8. The van der Waals surface area contributed by atoms with Gasteiger partial charge in [0.15, 0.2) is 0 Å². The predicted molar refractivity (Wildman–Crippen MR) is 106 cm³/mol. The second kappa shape index (κ2) is 10.7. The molecule has 0 aromatic carbocycles. The van der Waals surface area contributed by atoms with E-state index < -0.39 is 0 Å². The van der Waals surface area contributed by atoms with Gasteiger partial charge in [0.2, 0.25) is 11.8 Å². The molecule has 1 atom stereocenters. The minimum absolute atomic E-state index is 0. The van der Waals surface area contributed by atoms with E-state index in [1.165, 1.54) is 0 Å². The molecule has 1 unspecified atom stereocenters. The highest BCUT2D eigenvalue weighted by molar-refractivity contribution is 7.99. The van der Waals surface area contributed by atoms with Gasteiger partial charge in [0.05, 0.1) is 18.4 Å². The molecule has 1 aromatic heterocycles. The summed E-state index contributed by atoms with van der Waals surface area (Å²) in [6.07, 6.45) is 2.11. The fraction of sp³-hybridized carbons (Fsp3) is 0.533. The van der Waals surface area contributed by atoms with E-state index in [-0.39, 0.29) is 42.7 Å². The smallest absolute Gasteiger partial charge is 0.239 e. The first-order chi connectivity index (χ1) is 11.2. The van der Waals surface area contributed by atoms with Gasteiger partial charge in [-0.2, -0.15) is 11.8 Å². The summed E-state index contributed by atoms with van der Waals surface area (Å²) in [4.78, 5) is 29.7. The lowest BCUT2D eigenvalue weighted by Crippen LogP contribution is -2.48. The molecule has 0 spiro atoms. The molecule has 3 heterocycles. The number of hydrogen-bond donors (Lipinski definition) is 3. The fourth-order valence-corrected chi connectivity index (χ4v) is 3.62. The monoisotopic (exact) mass is 407 g/mol. The van der Waals surface area contributed by atoms with Crippen LogP contribution in [0.15, 0.2) is 18.3 Å². The third kappa shape index (κ3) is 6.54. The molecule has 25 heavy (non-hydrogen) atoms. The molecule has 2 aliphatic heterocycles. The predicted octanol–water partition coefficient (Wildman–Crippen LogP) is 0.895. The highest BCUT2D eigenvalue weighted by Crippen LogP contribution is 2.16. The second-order valence-electron chi connectivity index (χ2n) is 5.65. The largest absolute Gasteiger partial charge is 0.353 e. The van der Waals surface area contributed by atoms with Crippen LogP contribution >= 0.6 is 36.6 Å². The lowest BCUT2D eigenvalue weighted by atomic mass is 10.2. The summed E-state index contributed by atoms with van der Waals surface area (Å²) in [5, 5.41) is 9.01. The van der Waals surface area contributed by atoms with Gasteiger partial charge >= 0.3 is 0 Å². The van der Waals surface area contributed by atoms with Crippen molar-refractivity contribution in [2.24, 2.45) is 0 Å². The Balaban J connectivity index is 0.00000156. The number of hydrogen-bond acceptors (Lipinski definition) is 6. The molecule has 1 aromatic rings. The summed E-state index contributed by atoms with van der Waals surface area (Å²) in [5.41, 5.74) is 0.684. The molecule has 2 saturated heterocycles. The maximum Gasteiger partial charge on any atom is 0.239 e. The maximum atomic E-state index is 12.1. The molecule has 0 radical (unpaired) electrons. The zero-order chi connectivity index (χ0) is 16.1. The van der Waals surface area contributed by atoms with Crippen LogP contribution in [0.3, 0.4) is 0 Å². The number of thioether (sulfide) groups is 1. The zero-order valence-corrected chi connectivity index (χ0v) is 16.1. The van der Waals surface area contributed by atoms with E-state index >= 15 is 0 Å². The standard InChI is InChI=1S/C15H21N5O2S.2ClH/c21-14(7-12-10-23-6-4-16-12)19-11-1-2-13(18-8-11)20-5-3-17-15(22)9-20;;/h1-2,8,12,16H,3-7,9-10H2,(H,17,22)(H,19,21);2*1H. The Kier molecular flexibility index (Phi) is 9.34. The highest BCUT2D eigenvalue weighted by Gasteiger charge is 2.18. The molecule has 0 bridgehead atoms. The van der Waals surface area contributed by atoms with E-state index in [1.54, 1.807) is 6.20 Å². The van der Waals surface area contributed by atoms with Crippen molar-refractivity contribution in [3.8, 4) is 0 Å². The van der Waals surface area contributed by atoms with Crippen molar-refractivity contribution >= 4 is 59.9 Å². The molecule has 10 heteroatoms.